The molecular weight excluding hydrogens is 338 g/mol. The van der Waals surface area contributed by atoms with E-state index in [0.29, 0.717) is 17.6 Å². The molecular formula is C23H47NO3. The third-order valence-electron chi connectivity index (χ3n) is 5.00. The average molecular weight is 386 g/mol. The highest BCUT2D eigenvalue weighted by Gasteiger charge is 2.18. The van der Waals surface area contributed by atoms with Crippen molar-refractivity contribution in [1.82, 2.24) is 0 Å². The van der Waals surface area contributed by atoms with Gasteiger partial charge < -0.3 is 19.1 Å². The van der Waals surface area contributed by atoms with Gasteiger partial charge in [0.05, 0.1) is 21.1 Å². The van der Waals surface area contributed by atoms with Gasteiger partial charge in [0.1, 0.15) is 12.6 Å². The minimum absolute atomic E-state index is 0.00583. The second-order valence-corrected chi connectivity index (χ2v) is 9.14. The molecule has 0 aromatic rings. The van der Waals surface area contributed by atoms with Crippen LogP contribution in [0.15, 0.2) is 0 Å². The Kier molecular flexibility index (Phi) is 17.1. The molecule has 0 aliphatic carbocycles. The summed E-state index contributed by atoms with van der Waals surface area (Å²) in [5, 5.41) is 10.9. The summed E-state index contributed by atoms with van der Waals surface area (Å²) < 4.78 is 6.50. The number of ether oxygens (including phenoxy) is 1. The van der Waals surface area contributed by atoms with Gasteiger partial charge in [0.25, 0.3) is 0 Å². The molecule has 0 aromatic heterocycles. The molecule has 1 unspecified atom stereocenters. The molecule has 0 aliphatic rings. The lowest BCUT2D eigenvalue weighted by atomic mass is 10.0. The van der Waals surface area contributed by atoms with Gasteiger partial charge in [-0.2, -0.15) is 0 Å². The SMILES string of the molecule is CCCCCCCCCCCCCCCCOC(CC(=O)[O-])C[N+](C)(C)C. The maximum Gasteiger partial charge on any atom is 0.112 e. The molecule has 0 heterocycles. The van der Waals surface area contributed by atoms with E-state index >= 15 is 0 Å². The van der Waals surface area contributed by atoms with Crippen molar-refractivity contribution in [3.63, 3.8) is 0 Å². The highest BCUT2D eigenvalue weighted by molar-refractivity contribution is 5.64. The molecule has 0 amide bonds. The van der Waals surface area contributed by atoms with Crippen LogP contribution in [-0.2, 0) is 9.53 Å². The molecule has 4 heteroatoms. The van der Waals surface area contributed by atoms with E-state index in [2.05, 4.69) is 28.1 Å². The van der Waals surface area contributed by atoms with Gasteiger partial charge in [0.2, 0.25) is 0 Å². The number of rotatable bonds is 20. The van der Waals surface area contributed by atoms with Gasteiger partial charge in [-0.25, -0.2) is 0 Å². The topological polar surface area (TPSA) is 49.4 Å². The van der Waals surface area contributed by atoms with E-state index in [-0.39, 0.29) is 12.5 Å². The summed E-state index contributed by atoms with van der Waals surface area (Å²) in [6, 6.07) is 0. The summed E-state index contributed by atoms with van der Waals surface area (Å²) in [4.78, 5) is 10.9. The average Bonchev–Trinajstić information content (AvgIpc) is 2.56. The summed E-state index contributed by atoms with van der Waals surface area (Å²) in [5.74, 6) is -1.02. The van der Waals surface area contributed by atoms with Gasteiger partial charge in [-0.15, -0.1) is 0 Å². The van der Waals surface area contributed by atoms with Crippen LogP contribution in [0.1, 0.15) is 103 Å². The number of nitrogens with zero attached hydrogens (tertiary/aromatic N) is 1. The summed E-state index contributed by atoms with van der Waals surface area (Å²) in [6.45, 7) is 3.63. The van der Waals surface area contributed by atoms with Crippen LogP contribution < -0.4 is 5.11 Å². The molecule has 0 spiro atoms. The number of aliphatic carboxylic acids is 1. The summed E-state index contributed by atoms with van der Waals surface area (Å²) in [5.41, 5.74) is 0. The molecule has 27 heavy (non-hydrogen) atoms. The minimum atomic E-state index is -1.02. The Bertz CT molecular complexity index is 339. The van der Waals surface area contributed by atoms with Crippen LogP contribution in [0.3, 0.4) is 0 Å². The van der Waals surface area contributed by atoms with E-state index in [1.807, 2.05) is 0 Å². The van der Waals surface area contributed by atoms with E-state index in [9.17, 15) is 9.90 Å². The Labute approximate surface area is 169 Å². The lowest BCUT2D eigenvalue weighted by molar-refractivity contribution is -0.873. The maximum atomic E-state index is 10.9. The molecule has 0 radical (unpaired) electrons. The molecule has 1 atom stereocenters. The fourth-order valence-electron chi connectivity index (χ4n) is 3.52. The van der Waals surface area contributed by atoms with Crippen LogP contribution in [0.2, 0.25) is 0 Å². The Morgan fingerprint density at radius 2 is 1.19 bits per heavy atom. The monoisotopic (exact) mass is 385 g/mol. The molecule has 0 rings (SSSR count). The van der Waals surface area contributed by atoms with Crippen molar-refractivity contribution in [3.05, 3.63) is 0 Å². The maximum absolute atomic E-state index is 10.9. The predicted octanol–water partition coefficient (Wildman–Crippen LogP) is 4.70. The van der Waals surface area contributed by atoms with Crippen molar-refractivity contribution >= 4 is 5.97 Å². The Morgan fingerprint density at radius 3 is 1.56 bits per heavy atom. The number of carbonyl (C=O) groups is 1. The number of carboxylic acid groups (broad SMARTS) is 1. The van der Waals surface area contributed by atoms with Crippen molar-refractivity contribution in [1.29, 1.82) is 0 Å². The Balaban J connectivity index is 3.43. The van der Waals surface area contributed by atoms with Crippen molar-refractivity contribution < 1.29 is 19.1 Å². The summed E-state index contributed by atoms with van der Waals surface area (Å²) in [6.07, 6.45) is 18.5. The molecule has 0 fully saturated rings. The number of hydrogen-bond acceptors (Lipinski definition) is 3. The highest BCUT2D eigenvalue weighted by atomic mass is 16.5. The van der Waals surface area contributed by atoms with E-state index in [4.69, 9.17) is 4.74 Å². The first-order valence-corrected chi connectivity index (χ1v) is 11.5. The van der Waals surface area contributed by atoms with E-state index in [0.717, 1.165) is 6.42 Å². The summed E-state index contributed by atoms with van der Waals surface area (Å²) in [7, 11) is 6.16. The van der Waals surface area contributed by atoms with Gasteiger partial charge in [0.15, 0.2) is 0 Å². The molecule has 0 aliphatic heterocycles. The van der Waals surface area contributed by atoms with Crippen LogP contribution >= 0.6 is 0 Å². The number of carboxylic acids is 1. The lowest BCUT2D eigenvalue weighted by Crippen LogP contribution is -2.44. The third-order valence-corrected chi connectivity index (χ3v) is 5.00. The van der Waals surface area contributed by atoms with Crippen LogP contribution in [0, 0.1) is 0 Å². The molecule has 4 nitrogen and oxygen atoms in total. The normalized spacial score (nSPS) is 13.0. The number of carbonyl (C=O) groups excluding carboxylic acids is 1. The van der Waals surface area contributed by atoms with Gasteiger partial charge in [-0.05, 0) is 6.42 Å². The van der Waals surface area contributed by atoms with Crippen LogP contribution in [-0.4, -0.2) is 50.9 Å². The summed E-state index contributed by atoms with van der Waals surface area (Å²) >= 11 is 0. The smallest absolute Gasteiger partial charge is 0.112 e. The molecule has 0 aromatic carbocycles. The number of hydrogen-bond donors (Lipinski definition) is 0. The quantitative estimate of drug-likeness (QED) is 0.225. The Morgan fingerprint density at radius 1 is 0.778 bits per heavy atom. The van der Waals surface area contributed by atoms with Gasteiger partial charge in [-0.1, -0.05) is 90.4 Å². The second kappa shape index (κ2) is 17.5. The van der Waals surface area contributed by atoms with Crippen LogP contribution in [0.25, 0.3) is 0 Å². The number of likely N-dealkylation sites (N-methyl/N-ethyl adjacent to an activating group) is 1. The van der Waals surface area contributed by atoms with Crippen molar-refractivity contribution in [2.24, 2.45) is 0 Å². The molecule has 0 bridgehead atoms. The third kappa shape index (κ3) is 21.5. The first-order valence-electron chi connectivity index (χ1n) is 11.5. The fourth-order valence-corrected chi connectivity index (χ4v) is 3.52. The van der Waals surface area contributed by atoms with Crippen LogP contribution in [0.4, 0.5) is 0 Å². The van der Waals surface area contributed by atoms with E-state index < -0.39 is 5.97 Å². The Hall–Kier alpha value is -0.610. The van der Waals surface area contributed by atoms with Crippen molar-refractivity contribution in [2.75, 3.05) is 34.3 Å². The van der Waals surface area contributed by atoms with Gasteiger partial charge >= 0.3 is 0 Å². The van der Waals surface area contributed by atoms with E-state index in [1.54, 1.807) is 0 Å². The van der Waals surface area contributed by atoms with E-state index in [1.165, 1.54) is 83.5 Å². The lowest BCUT2D eigenvalue weighted by Gasteiger charge is -2.29. The second-order valence-electron chi connectivity index (χ2n) is 9.14. The largest absolute Gasteiger partial charge is 0.550 e. The zero-order chi connectivity index (χ0) is 20.4. The number of unbranched alkanes of at least 4 members (excludes halogenated alkanes) is 13. The number of quaternary nitrogens is 1. The molecule has 162 valence electrons. The standard InChI is InChI=1S/C23H47NO3/c1-5-6-7-8-9-10-11-12-13-14-15-16-17-18-19-27-22(20-23(25)26)21-24(2,3)4/h22H,5-21H2,1-4H3. The predicted molar refractivity (Wildman–Crippen MR) is 113 cm³/mol. The van der Waals surface area contributed by atoms with Gasteiger partial charge in [0, 0.05) is 19.0 Å². The first-order chi connectivity index (χ1) is 12.8. The van der Waals surface area contributed by atoms with Crippen molar-refractivity contribution in [3.8, 4) is 0 Å². The molecule has 0 saturated carbocycles. The van der Waals surface area contributed by atoms with Gasteiger partial charge in [-0.3, -0.25) is 0 Å². The highest BCUT2D eigenvalue weighted by Crippen LogP contribution is 2.13. The van der Waals surface area contributed by atoms with Crippen molar-refractivity contribution in [2.45, 2.75) is 109 Å². The van der Waals surface area contributed by atoms with Crippen LogP contribution in [0.5, 0.6) is 0 Å². The molecule has 0 saturated heterocycles. The zero-order valence-electron chi connectivity index (χ0n) is 18.8. The molecule has 0 N–H and O–H groups in total. The first kappa shape index (κ1) is 26.4. The minimum Gasteiger partial charge on any atom is -0.550 e. The fraction of sp³-hybridized carbons (Fsp3) is 0.957. The zero-order valence-corrected chi connectivity index (χ0v) is 18.8.